The van der Waals surface area contributed by atoms with Crippen LogP contribution in [0.25, 0.3) is 0 Å². The van der Waals surface area contributed by atoms with E-state index < -0.39 is 38.4 Å². The SMILES string of the molecule is COC[C@@H](C[C@H]1O[C@](C[C@@H](O)C[C@@H](CCC/C=C(C)/C=C/[C@@H](O)[C@H](C)/C=C(C)/C=C(C)/C=C(\C)C(=O)O)OC)(OC)[C@H](C)[C@@H](O)[C@H]1C)O[Si](C)(C)C(C)(C)C. The van der Waals surface area contributed by atoms with E-state index in [0.29, 0.717) is 19.4 Å². The molecule has 0 aromatic carbocycles. The largest absolute Gasteiger partial charge is 0.478 e. The van der Waals surface area contributed by atoms with Crippen LogP contribution in [-0.2, 0) is 28.2 Å². The van der Waals surface area contributed by atoms with Crippen molar-refractivity contribution in [2.24, 2.45) is 17.8 Å². The smallest absolute Gasteiger partial charge is 0.331 e. The number of hydrogen-bond acceptors (Lipinski definition) is 9. The lowest BCUT2D eigenvalue weighted by Gasteiger charge is -2.51. The predicted octanol–water partition coefficient (Wildman–Crippen LogP) is 8.54. The summed E-state index contributed by atoms with van der Waals surface area (Å²) in [5, 5.41) is 42.7. The predicted molar refractivity (Wildman–Crippen MR) is 224 cm³/mol. The molecule has 1 fully saturated rings. The first-order valence-electron chi connectivity index (χ1n) is 20.0. The zero-order valence-electron chi connectivity index (χ0n) is 36.8. The molecular formula is C44H78O10Si. The van der Waals surface area contributed by atoms with Crippen LogP contribution in [0.2, 0.25) is 18.1 Å². The lowest BCUT2D eigenvalue weighted by Crippen LogP contribution is -2.60. The van der Waals surface area contributed by atoms with Crippen molar-refractivity contribution in [1.82, 2.24) is 0 Å². The Kier molecular flexibility index (Phi) is 21.8. The number of ether oxygens (including phenoxy) is 4. The van der Waals surface area contributed by atoms with Gasteiger partial charge in [0.1, 0.15) is 0 Å². The fraction of sp³-hybridized carbons (Fsp3) is 0.750. The highest BCUT2D eigenvalue weighted by atomic mass is 28.4. The molecule has 0 radical (unpaired) electrons. The first-order valence-corrected chi connectivity index (χ1v) is 22.9. The molecule has 55 heavy (non-hydrogen) atoms. The van der Waals surface area contributed by atoms with Crippen molar-refractivity contribution < 1.29 is 48.6 Å². The topological polar surface area (TPSA) is 144 Å². The second kappa shape index (κ2) is 23.5. The third-order valence-electron chi connectivity index (χ3n) is 11.6. The molecule has 1 aliphatic rings. The highest BCUT2D eigenvalue weighted by Crippen LogP contribution is 2.44. The molecule has 0 unspecified atom stereocenters. The maximum Gasteiger partial charge on any atom is 0.331 e. The van der Waals surface area contributed by atoms with Gasteiger partial charge in [0.25, 0.3) is 0 Å². The van der Waals surface area contributed by atoms with Crippen LogP contribution in [0.5, 0.6) is 0 Å². The van der Waals surface area contributed by atoms with Gasteiger partial charge in [-0.1, -0.05) is 88.6 Å². The van der Waals surface area contributed by atoms with Crippen LogP contribution in [0.3, 0.4) is 0 Å². The first kappa shape index (κ1) is 51.1. The number of aliphatic carboxylic acids is 1. The zero-order chi connectivity index (χ0) is 42.3. The van der Waals surface area contributed by atoms with Crippen molar-refractivity contribution in [1.29, 1.82) is 0 Å². The Balaban J connectivity index is 2.85. The Labute approximate surface area is 334 Å². The summed E-state index contributed by atoms with van der Waals surface area (Å²) in [4.78, 5) is 11.1. The van der Waals surface area contributed by atoms with Crippen molar-refractivity contribution in [2.45, 2.75) is 168 Å². The first-order chi connectivity index (χ1) is 25.4. The third kappa shape index (κ3) is 16.8. The fourth-order valence-electron chi connectivity index (χ4n) is 6.99. The van der Waals surface area contributed by atoms with Gasteiger partial charge in [-0.15, -0.1) is 0 Å². The Bertz CT molecular complexity index is 1330. The summed E-state index contributed by atoms with van der Waals surface area (Å²) < 4.78 is 30.9. The highest BCUT2D eigenvalue weighted by Gasteiger charge is 2.52. The number of allylic oxidation sites excluding steroid dienone is 7. The van der Waals surface area contributed by atoms with E-state index in [1.165, 1.54) is 0 Å². The van der Waals surface area contributed by atoms with Crippen molar-refractivity contribution in [3.8, 4) is 0 Å². The normalized spacial score (nSPS) is 26.6. The molecule has 0 aromatic rings. The summed E-state index contributed by atoms with van der Waals surface area (Å²) in [6, 6.07) is 0. The average molecular weight is 795 g/mol. The molecule has 0 aromatic heterocycles. The molecule has 1 saturated heterocycles. The minimum atomic E-state index is -2.10. The second-order valence-electron chi connectivity index (χ2n) is 17.5. The number of aliphatic hydroxyl groups excluding tert-OH is 3. The zero-order valence-corrected chi connectivity index (χ0v) is 37.8. The lowest BCUT2D eigenvalue weighted by atomic mass is 9.77. The van der Waals surface area contributed by atoms with Gasteiger partial charge >= 0.3 is 5.97 Å². The van der Waals surface area contributed by atoms with Gasteiger partial charge in [-0.25, -0.2) is 4.79 Å². The van der Waals surface area contributed by atoms with Gasteiger partial charge in [-0.3, -0.25) is 0 Å². The molecule has 1 aliphatic heterocycles. The number of aliphatic hydroxyl groups is 3. The number of carboxylic acids is 1. The van der Waals surface area contributed by atoms with Crippen LogP contribution in [0.4, 0.5) is 0 Å². The lowest BCUT2D eigenvalue weighted by molar-refractivity contribution is -0.338. The summed E-state index contributed by atoms with van der Waals surface area (Å²) in [5.41, 5.74) is 3.10. The molecular weight excluding hydrogens is 717 g/mol. The summed E-state index contributed by atoms with van der Waals surface area (Å²) in [7, 11) is 2.82. The quantitative estimate of drug-likeness (QED) is 0.0344. The van der Waals surface area contributed by atoms with Crippen LogP contribution < -0.4 is 0 Å². The minimum absolute atomic E-state index is 0.0283. The van der Waals surface area contributed by atoms with Gasteiger partial charge in [-0.05, 0) is 77.6 Å². The van der Waals surface area contributed by atoms with Gasteiger partial charge in [0, 0.05) is 57.5 Å². The van der Waals surface area contributed by atoms with Crippen LogP contribution in [0, 0.1) is 17.8 Å². The molecule has 1 heterocycles. The Morgan fingerprint density at radius 2 is 1.62 bits per heavy atom. The second-order valence-corrected chi connectivity index (χ2v) is 22.2. The van der Waals surface area contributed by atoms with Crippen molar-refractivity contribution >= 4 is 14.3 Å². The van der Waals surface area contributed by atoms with Crippen LogP contribution in [0.15, 0.2) is 58.7 Å². The van der Waals surface area contributed by atoms with Gasteiger partial charge in [0.05, 0.1) is 43.2 Å². The van der Waals surface area contributed by atoms with E-state index in [2.05, 4.69) is 39.9 Å². The van der Waals surface area contributed by atoms with Gasteiger partial charge < -0.3 is 43.8 Å². The maximum atomic E-state index is 11.4. The van der Waals surface area contributed by atoms with Gasteiger partial charge in [0.15, 0.2) is 14.1 Å². The van der Waals surface area contributed by atoms with E-state index >= 15 is 0 Å². The van der Waals surface area contributed by atoms with E-state index in [0.717, 1.165) is 36.0 Å². The number of unbranched alkanes of at least 4 members (excludes halogenated alkanes) is 1. The number of carboxylic acid groups (broad SMARTS) is 1. The molecule has 0 spiro atoms. The molecule has 4 N–H and O–H groups in total. The summed E-state index contributed by atoms with van der Waals surface area (Å²) in [6.07, 6.45) is 12.0. The van der Waals surface area contributed by atoms with E-state index in [1.807, 2.05) is 59.8 Å². The van der Waals surface area contributed by atoms with E-state index in [4.69, 9.17) is 28.5 Å². The molecule has 318 valence electrons. The van der Waals surface area contributed by atoms with Gasteiger partial charge in [-0.2, -0.15) is 0 Å². The molecule has 10 atom stereocenters. The van der Waals surface area contributed by atoms with E-state index in [-0.39, 0.29) is 53.1 Å². The Hall–Kier alpha value is -1.93. The average Bonchev–Trinajstić information content (AvgIpc) is 3.08. The summed E-state index contributed by atoms with van der Waals surface area (Å²) in [6.45, 7) is 24.7. The van der Waals surface area contributed by atoms with E-state index in [9.17, 15) is 20.1 Å². The number of methoxy groups -OCH3 is 3. The van der Waals surface area contributed by atoms with E-state index in [1.54, 1.807) is 40.4 Å². The molecule has 10 nitrogen and oxygen atoms in total. The fourth-order valence-corrected chi connectivity index (χ4v) is 8.34. The number of hydrogen-bond donors (Lipinski definition) is 4. The maximum absolute atomic E-state index is 11.4. The van der Waals surface area contributed by atoms with Crippen molar-refractivity contribution in [2.75, 3.05) is 27.9 Å². The summed E-state index contributed by atoms with van der Waals surface area (Å²) >= 11 is 0. The third-order valence-corrected chi connectivity index (χ3v) is 16.1. The molecule has 0 saturated carbocycles. The summed E-state index contributed by atoms with van der Waals surface area (Å²) in [5.74, 6) is -2.79. The molecule has 11 heteroatoms. The molecule has 0 bridgehead atoms. The highest BCUT2D eigenvalue weighted by molar-refractivity contribution is 6.74. The van der Waals surface area contributed by atoms with Crippen LogP contribution >= 0.6 is 0 Å². The van der Waals surface area contributed by atoms with Crippen molar-refractivity contribution in [3.05, 3.63) is 58.7 Å². The van der Waals surface area contributed by atoms with Gasteiger partial charge in [0.2, 0.25) is 0 Å². The Morgan fingerprint density at radius 3 is 2.16 bits per heavy atom. The number of rotatable bonds is 23. The monoisotopic (exact) mass is 795 g/mol. The molecule has 0 aliphatic carbocycles. The Morgan fingerprint density at radius 1 is 0.982 bits per heavy atom. The molecule has 1 rings (SSSR count). The minimum Gasteiger partial charge on any atom is -0.478 e. The van der Waals surface area contributed by atoms with Crippen LogP contribution in [0.1, 0.15) is 108 Å². The van der Waals surface area contributed by atoms with Crippen molar-refractivity contribution in [3.63, 3.8) is 0 Å². The standard InChI is InChI=1S/C44H78O10Si/c1-29(20-21-39(46)32(4)23-30(2)22-31(3)24-33(5)42(48)49)18-16-17-19-37(51-12)25-36(45)27-44(52-13)35(7)41(47)34(6)40(53-44)26-38(28-50-11)54-55(14,15)43(8,9)10/h18,20-24,32,34-41,45-47H,16-17,19,25-28H2,1-15H3,(H,48,49)/b21-20+,29-18+,30-23+,31-22+,33-24+/t32-,34+,35-,36+,37-,38-,39-,40-,41+,44+/m1/s1. The van der Waals surface area contributed by atoms with Crippen LogP contribution in [-0.4, -0.2) is 105 Å². The molecule has 0 amide bonds. The number of carbonyl (C=O) groups is 1.